The Morgan fingerprint density at radius 1 is 1.14 bits per heavy atom. The van der Waals surface area contributed by atoms with E-state index in [1.54, 1.807) is 44.2 Å². The molecule has 2 amide bonds. The SMILES string of the molecule is CCC(=O)Nc1ccc2c(c1)OC[C@@H](C)N(CCc1ccccc1)C[C@@H](C)[C@H](OC)CN(C)C2=O. The van der Waals surface area contributed by atoms with Crippen LogP contribution in [0.3, 0.4) is 0 Å². The number of likely N-dealkylation sites (N-methyl/N-ethyl adjacent to an activating group) is 1. The van der Waals surface area contributed by atoms with E-state index in [0.29, 0.717) is 36.6 Å². The van der Waals surface area contributed by atoms with E-state index in [9.17, 15) is 9.59 Å². The van der Waals surface area contributed by atoms with Crippen LogP contribution in [-0.4, -0.2) is 74.2 Å². The molecule has 2 aromatic rings. The first-order valence-electron chi connectivity index (χ1n) is 12.4. The van der Waals surface area contributed by atoms with Gasteiger partial charge in [0.05, 0.1) is 11.7 Å². The van der Waals surface area contributed by atoms with Gasteiger partial charge in [0, 0.05) is 58.0 Å². The van der Waals surface area contributed by atoms with Crippen molar-refractivity contribution in [2.75, 3.05) is 45.7 Å². The van der Waals surface area contributed by atoms with E-state index in [0.717, 1.165) is 19.5 Å². The Hall–Kier alpha value is -2.90. The largest absolute Gasteiger partial charge is 0.491 e. The number of rotatable bonds is 6. The summed E-state index contributed by atoms with van der Waals surface area (Å²) < 4.78 is 12.1. The number of anilines is 1. The molecular weight excluding hydrogens is 442 g/mol. The van der Waals surface area contributed by atoms with Crippen molar-refractivity contribution in [1.82, 2.24) is 9.80 Å². The number of benzene rings is 2. The van der Waals surface area contributed by atoms with Gasteiger partial charge in [0.2, 0.25) is 5.91 Å². The Balaban J connectivity index is 1.89. The molecule has 1 N–H and O–H groups in total. The van der Waals surface area contributed by atoms with Crippen LogP contribution in [0.2, 0.25) is 0 Å². The molecule has 0 fully saturated rings. The standard InChI is InChI=1S/C28H39N3O4/c1-6-27(32)29-23-12-13-24-25(16-23)35-19-21(3)31(15-14-22-10-8-7-9-11-22)17-20(2)26(34-5)18-30(4)28(24)33/h7-13,16,20-21,26H,6,14-15,17-19H2,1-5H3,(H,29,32)/t20-,21-,26-/m1/s1. The maximum atomic E-state index is 13.3. The molecule has 0 spiro atoms. The van der Waals surface area contributed by atoms with Gasteiger partial charge in [-0.1, -0.05) is 44.2 Å². The molecule has 0 bridgehead atoms. The monoisotopic (exact) mass is 481 g/mol. The Morgan fingerprint density at radius 3 is 2.57 bits per heavy atom. The molecule has 3 rings (SSSR count). The predicted molar refractivity (Wildman–Crippen MR) is 139 cm³/mol. The van der Waals surface area contributed by atoms with Crippen molar-refractivity contribution in [2.24, 2.45) is 5.92 Å². The lowest BCUT2D eigenvalue weighted by molar-refractivity contribution is -0.115. The molecule has 1 aliphatic rings. The van der Waals surface area contributed by atoms with Crippen LogP contribution < -0.4 is 10.1 Å². The summed E-state index contributed by atoms with van der Waals surface area (Å²) in [4.78, 5) is 29.3. The molecule has 0 unspecified atom stereocenters. The van der Waals surface area contributed by atoms with Gasteiger partial charge in [0.15, 0.2) is 0 Å². The van der Waals surface area contributed by atoms with Crippen molar-refractivity contribution in [1.29, 1.82) is 0 Å². The number of nitrogens with zero attached hydrogens (tertiary/aromatic N) is 2. The molecule has 1 aliphatic heterocycles. The number of hydrogen-bond donors (Lipinski definition) is 1. The number of methoxy groups -OCH3 is 1. The number of nitrogens with one attached hydrogen (secondary N) is 1. The summed E-state index contributed by atoms with van der Waals surface area (Å²) in [5, 5.41) is 2.86. The number of ether oxygens (including phenoxy) is 2. The lowest BCUT2D eigenvalue weighted by Gasteiger charge is -2.36. The van der Waals surface area contributed by atoms with Gasteiger partial charge >= 0.3 is 0 Å². The zero-order chi connectivity index (χ0) is 25.4. The highest BCUT2D eigenvalue weighted by atomic mass is 16.5. The summed E-state index contributed by atoms with van der Waals surface area (Å²) in [6, 6.07) is 15.8. The van der Waals surface area contributed by atoms with Crippen LogP contribution in [0.25, 0.3) is 0 Å². The van der Waals surface area contributed by atoms with Crippen LogP contribution in [0.4, 0.5) is 5.69 Å². The minimum Gasteiger partial charge on any atom is -0.491 e. The van der Waals surface area contributed by atoms with Gasteiger partial charge in [0.25, 0.3) is 5.91 Å². The molecule has 35 heavy (non-hydrogen) atoms. The first-order valence-corrected chi connectivity index (χ1v) is 12.4. The van der Waals surface area contributed by atoms with E-state index in [1.807, 2.05) is 6.07 Å². The Morgan fingerprint density at radius 2 is 1.89 bits per heavy atom. The summed E-state index contributed by atoms with van der Waals surface area (Å²) in [5.41, 5.74) is 2.40. The van der Waals surface area contributed by atoms with E-state index in [1.165, 1.54) is 5.56 Å². The van der Waals surface area contributed by atoms with Crippen molar-refractivity contribution in [2.45, 2.75) is 45.8 Å². The second kappa shape index (κ2) is 12.7. The first kappa shape index (κ1) is 26.7. The van der Waals surface area contributed by atoms with Gasteiger partial charge in [-0.2, -0.15) is 0 Å². The average molecular weight is 482 g/mol. The van der Waals surface area contributed by atoms with Gasteiger partial charge < -0.3 is 19.7 Å². The number of fused-ring (bicyclic) bond motifs is 1. The lowest BCUT2D eigenvalue weighted by atomic mass is 10.0. The number of carbonyl (C=O) groups excluding carboxylic acids is 2. The Labute approximate surface area is 209 Å². The van der Waals surface area contributed by atoms with Gasteiger partial charge in [0.1, 0.15) is 12.4 Å². The van der Waals surface area contributed by atoms with Gasteiger partial charge in [-0.15, -0.1) is 0 Å². The Bertz CT molecular complexity index is 981. The molecule has 0 aromatic heterocycles. The molecule has 0 aliphatic carbocycles. The van der Waals surface area contributed by atoms with Crippen LogP contribution in [0.5, 0.6) is 5.75 Å². The lowest BCUT2D eigenvalue weighted by Crippen LogP contribution is -2.47. The van der Waals surface area contributed by atoms with Crippen LogP contribution in [0.15, 0.2) is 48.5 Å². The maximum absolute atomic E-state index is 13.3. The van der Waals surface area contributed by atoms with Crippen LogP contribution in [0, 0.1) is 5.92 Å². The molecule has 190 valence electrons. The van der Waals surface area contributed by atoms with E-state index in [-0.39, 0.29) is 29.9 Å². The third-order valence-electron chi connectivity index (χ3n) is 6.71. The fourth-order valence-electron chi connectivity index (χ4n) is 4.40. The summed E-state index contributed by atoms with van der Waals surface area (Å²) in [6.45, 7) is 8.76. The minimum atomic E-state index is -0.128. The zero-order valence-electron chi connectivity index (χ0n) is 21.6. The molecule has 7 nitrogen and oxygen atoms in total. The molecule has 0 radical (unpaired) electrons. The van der Waals surface area contributed by atoms with E-state index >= 15 is 0 Å². The predicted octanol–water partition coefficient (Wildman–Crippen LogP) is 4.08. The summed E-state index contributed by atoms with van der Waals surface area (Å²) >= 11 is 0. The second-order valence-corrected chi connectivity index (χ2v) is 9.44. The quantitative estimate of drug-likeness (QED) is 0.673. The summed E-state index contributed by atoms with van der Waals surface area (Å²) in [6.07, 6.45) is 1.23. The number of amides is 2. The third-order valence-corrected chi connectivity index (χ3v) is 6.71. The molecule has 0 saturated carbocycles. The van der Waals surface area contributed by atoms with E-state index < -0.39 is 0 Å². The van der Waals surface area contributed by atoms with Gasteiger partial charge in [-0.3, -0.25) is 14.5 Å². The van der Waals surface area contributed by atoms with Crippen LogP contribution >= 0.6 is 0 Å². The summed E-state index contributed by atoms with van der Waals surface area (Å²) in [7, 11) is 3.50. The topological polar surface area (TPSA) is 71.1 Å². The molecule has 0 saturated heterocycles. The van der Waals surface area contributed by atoms with Crippen molar-refractivity contribution in [3.63, 3.8) is 0 Å². The van der Waals surface area contributed by atoms with Crippen molar-refractivity contribution in [3.8, 4) is 5.75 Å². The zero-order valence-corrected chi connectivity index (χ0v) is 21.6. The smallest absolute Gasteiger partial charge is 0.257 e. The molecule has 3 atom stereocenters. The summed E-state index contributed by atoms with van der Waals surface area (Å²) in [5.74, 6) is 0.489. The third kappa shape index (κ3) is 7.29. The number of hydrogen-bond acceptors (Lipinski definition) is 5. The highest BCUT2D eigenvalue weighted by molar-refractivity contribution is 5.98. The molecular formula is C28H39N3O4. The van der Waals surface area contributed by atoms with E-state index in [2.05, 4.69) is 48.3 Å². The Kier molecular flexibility index (Phi) is 9.69. The average Bonchev–Trinajstić information content (AvgIpc) is 2.87. The first-order chi connectivity index (χ1) is 16.8. The van der Waals surface area contributed by atoms with Crippen molar-refractivity contribution < 1.29 is 19.1 Å². The van der Waals surface area contributed by atoms with Gasteiger partial charge in [-0.25, -0.2) is 0 Å². The highest BCUT2D eigenvalue weighted by Gasteiger charge is 2.28. The van der Waals surface area contributed by atoms with E-state index in [4.69, 9.17) is 9.47 Å². The molecule has 2 aromatic carbocycles. The second-order valence-electron chi connectivity index (χ2n) is 9.44. The van der Waals surface area contributed by atoms with Gasteiger partial charge in [-0.05, 0) is 37.0 Å². The van der Waals surface area contributed by atoms with Crippen LogP contribution in [0.1, 0.15) is 43.1 Å². The highest BCUT2D eigenvalue weighted by Crippen LogP contribution is 2.27. The molecule has 1 heterocycles. The minimum absolute atomic E-state index is 0.0843. The number of carbonyl (C=O) groups is 2. The fraction of sp³-hybridized carbons (Fsp3) is 0.500. The maximum Gasteiger partial charge on any atom is 0.257 e. The normalized spacial score (nSPS) is 21.9. The molecule has 7 heteroatoms. The fourth-order valence-corrected chi connectivity index (χ4v) is 4.40. The van der Waals surface area contributed by atoms with Crippen LogP contribution in [-0.2, 0) is 16.0 Å². The van der Waals surface area contributed by atoms with Crippen molar-refractivity contribution in [3.05, 3.63) is 59.7 Å². The van der Waals surface area contributed by atoms with Crippen molar-refractivity contribution >= 4 is 17.5 Å².